The second-order valence-electron chi connectivity index (χ2n) is 6.05. The molecule has 1 amide bonds. The van der Waals surface area contributed by atoms with Crippen LogP contribution in [0.25, 0.3) is 0 Å². The van der Waals surface area contributed by atoms with Crippen molar-refractivity contribution in [2.45, 2.75) is 63.6 Å². The number of nitrogens with two attached hydrogens (primary N) is 1. The molecule has 2 aliphatic carbocycles. The maximum absolute atomic E-state index is 12.1. The first-order chi connectivity index (χ1) is 8.59. The van der Waals surface area contributed by atoms with Crippen molar-refractivity contribution >= 4 is 5.91 Å². The van der Waals surface area contributed by atoms with Crippen molar-refractivity contribution in [3.63, 3.8) is 0 Å². The SMILES string of the molecule is CC(CNC(=O)C1CCCCC1N)N(C)C1CC1. The van der Waals surface area contributed by atoms with Crippen LogP contribution in [0.15, 0.2) is 0 Å². The van der Waals surface area contributed by atoms with E-state index in [4.69, 9.17) is 5.73 Å². The van der Waals surface area contributed by atoms with Gasteiger partial charge in [0.05, 0.1) is 5.92 Å². The van der Waals surface area contributed by atoms with E-state index in [2.05, 4.69) is 24.2 Å². The monoisotopic (exact) mass is 253 g/mol. The molecule has 104 valence electrons. The normalized spacial score (nSPS) is 30.2. The highest BCUT2D eigenvalue weighted by atomic mass is 16.1. The first kappa shape index (κ1) is 13.8. The van der Waals surface area contributed by atoms with Crippen molar-refractivity contribution in [3.8, 4) is 0 Å². The summed E-state index contributed by atoms with van der Waals surface area (Å²) >= 11 is 0. The average molecular weight is 253 g/mol. The first-order valence-corrected chi connectivity index (χ1v) is 7.35. The van der Waals surface area contributed by atoms with E-state index in [1.54, 1.807) is 0 Å². The molecule has 3 N–H and O–H groups in total. The zero-order valence-electron chi connectivity index (χ0n) is 11.7. The van der Waals surface area contributed by atoms with Gasteiger partial charge in [0, 0.05) is 24.7 Å². The van der Waals surface area contributed by atoms with Crippen LogP contribution in [0.5, 0.6) is 0 Å². The number of nitrogens with zero attached hydrogens (tertiary/aromatic N) is 1. The zero-order valence-corrected chi connectivity index (χ0v) is 11.7. The van der Waals surface area contributed by atoms with Crippen molar-refractivity contribution in [1.29, 1.82) is 0 Å². The molecule has 0 radical (unpaired) electrons. The minimum absolute atomic E-state index is 0.0391. The molecule has 2 rings (SSSR count). The highest BCUT2D eigenvalue weighted by molar-refractivity contribution is 5.79. The minimum Gasteiger partial charge on any atom is -0.354 e. The fourth-order valence-electron chi connectivity index (χ4n) is 2.85. The molecule has 2 aliphatic rings. The Morgan fingerprint density at radius 1 is 1.33 bits per heavy atom. The molecule has 4 nitrogen and oxygen atoms in total. The molecule has 3 atom stereocenters. The van der Waals surface area contributed by atoms with Crippen LogP contribution in [-0.2, 0) is 4.79 Å². The quantitative estimate of drug-likeness (QED) is 0.771. The number of amides is 1. The topological polar surface area (TPSA) is 58.4 Å². The van der Waals surface area contributed by atoms with Crippen LogP contribution in [0, 0.1) is 5.92 Å². The Morgan fingerprint density at radius 2 is 2.00 bits per heavy atom. The molecule has 0 aromatic rings. The molecule has 3 unspecified atom stereocenters. The summed E-state index contributed by atoms with van der Waals surface area (Å²) in [5.74, 6) is 0.204. The van der Waals surface area contributed by atoms with Crippen LogP contribution in [0.1, 0.15) is 45.4 Å². The smallest absolute Gasteiger partial charge is 0.224 e. The Bertz CT molecular complexity index is 291. The Labute approximate surface area is 110 Å². The Morgan fingerprint density at radius 3 is 2.61 bits per heavy atom. The van der Waals surface area contributed by atoms with Gasteiger partial charge in [0.15, 0.2) is 0 Å². The van der Waals surface area contributed by atoms with E-state index in [9.17, 15) is 4.79 Å². The van der Waals surface area contributed by atoms with Crippen molar-refractivity contribution in [1.82, 2.24) is 10.2 Å². The van der Waals surface area contributed by atoms with Gasteiger partial charge in [-0.2, -0.15) is 0 Å². The number of hydrogen-bond acceptors (Lipinski definition) is 3. The van der Waals surface area contributed by atoms with Gasteiger partial charge < -0.3 is 11.1 Å². The lowest BCUT2D eigenvalue weighted by molar-refractivity contribution is -0.126. The number of hydrogen-bond donors (Lipinski definition) is 2. The van der Waals surface area contributed by atoms with Crippen LogP contribution in [0.3, 0.4) is 0 Å². The summed E-state index contributed by atoms with van der Waals surface area (Å²) in [6.07, 6.45) is 6.88. The summed E-state index contributed by atoms with van der Waals surface area (Å²) in [5.41, 5.74) is 6.03. The molecule has 0 aromatic heterocycles. The van der Waals surface area contributed by atoms with Crippen LogP contribution < -0.4 is 11.1 Å². The van der Waals surface area contributed by atoms with Gasteiger partial charge in [-0.1, -0.05) is 12.8 Å². The molecular weight excluding hydrogens is 226 g/mol. The zero-order chi connectivity index (χ0) is 13.1. The number of nitrogens with one attached hydrogen (secondary N) is 1. The third kappa shape index (κ3) is 3.45. The van der Waals surface area contributed by atoms with E-state index in [1.807, 2.05) is 0 Å². The van der Waals surface area contributed by atoms with Crippen molar-refractivity contribution in [2.75, 3.05) is 13.6 Å². The lowest BCUT2D eigenvalue weighted by Gasteiger charge is -2.29. The molecule has 0 saturated heterocycles. The van der Waals surface area contributed by atoms with Gasteiger partial charge in [-0.05, 0) is 39.7 Å². The summed E-state index contributed by atoms with van der Waals surface area (Å²) in [6.45, 7) is 2.93. The van der Waals surface area contributed by atoms with Gasteiger partial charge in [0.25, 0.3) is 0 Å². The maximum atomic E-state index is 12.1. The van der Waals surface area contributed by atoms with E-state index in [0.29, 0.717) is 6.04 Å². The third-order valence-electron chi connectivity index (χ3n) is 4.55. The highest BCUT2D eigenvalue weighted by Crippen LogP contribution is 2.27. The third-order valence-corrected chi connectivity index (χ3v) is 4.55. The van der Waals surface area contributed by atoms with Crippen molar-refractivity contribution in [3.05, 3.63) is 0 Å². The molecule has 0 heterocycles. The average Bonchev–Trinajstić information content (AvgIpc) is 3.19. The predicted molar refractivity (Wildman–Crippen MR) is 73.2 cm³/mol. The molecular formula is C14H27N3O. The number of likely N-dealkylation sites (N-methyl/N-ethyl adjacent to an activating group) is 1. The maximum Gasteiger partial charge on any atom is 0.224 e. The molecule has 0 spiro atoms. The minimum atomic E-state index is 0.0391. The van der Waals surface area contributed by atoms with E-state index in [-0.39, 0.29) is 17.9 Å². The van der Waals surface area contributed by atoms with Gasteiger partial charge in [-0.15, -0.1) is 0 Å². The lowest BCUT2D eigenvalue weighted by Crippen LogP contribution is -2.47. The molecule has 0 aromatic carbocycles. The predicted octanol–water partition coefficient (Wildman–Crippen LogP) is 1.10. The number of carbonyl (C=O) groups is 1. The first-order valence-electron chi connectivity index (χ1n) is 7.35. The number of rotatable bonds is 5. The fourth-order valence-corrected chi connectivity index (χ4v) is 2.85. The van der Waals surface area contributed by atoms with Gasteiger partial charge in [0.1, 0.15) is 0 Å². The van der Waals surface area contributed by atoms with Crippen LogP contribution in [0.4, 0.5) is 0 Å². The van der Waals surface area contributed by atoms with Crippen LogP contribution >= 0.6 is 0 Å². The summed E-state index contributed by atoms with van der Waals surface area (Å²) in [7, 11) is 2.15. The Hall–Kier alpha value is -0.610. The Kier molecular flexibility index (Phi) is 4.62. The Balaban J connectivity index is 1.73. The molecule has 18 heavy (non-hydrogen) atoms. The standard InChI is InChI=1S/C14H27N3O/c1-10(17(2)11-7-8-11)9-16-14(18)12-5-3-4-6-13(12)15/h10-13H,3-9,15H2,1-2H3,(H,16,18). The molecule has 2 saturated carbocycles. The second kappa shape index (κ2) is 6.02. The largest absolute Gasteiger partial charge is 0.354 e. The lowest BCUT2D eigenvalue weighted by atomic mass is 9.84. The van der Waals surface area contributed by atoms with E-state index < -0.39 is 0 Å². The van der Waals surface area contributed by atoms with Crippen LogP contribution in [-0.4, -0.2) is 42.5 Å². The van der Waals surface area contributed by atoms with Crippen molar-refractivity contribution in [2.24, 2.45) is 11.7 Å². The second-order valence-corrected chi connectivity index (χ2v) is 6.05. The van der Waals surface area contributed by atoms with Crippen molar-refractivity contribution < 1.29 is 4.79 Å². The van der Waals surface area contributed by atoms with Gasteiger partial charge in [-0.25, -0.2) is 0 Å². The highest BCUT2D eigenvalue weighted by Gasteiger charge is 2.31. The summed E-state index contributed by atoms with van der Waals surface area (Å²) in [5, 5.41) is 3.09. The molecule has 0 aliphatic heterocycles. The van der Waals surface area contributed by atoms with Gasteiger partial charge in [-0.3, -0.25) is 9.69 Å². The summed E-state index contributed by atoms with van der Waals surface area (Å²) in [6, 6.07) is 1.23. The molecule has 0 bridgehead atoms. The van der Waals surface area contributed by atoms with Gasteiger partial charge in [0.2, 0.25) is 5.91 Å². The number of carbonyl (C=O) groups excluding carboxylic acids is 1. The summed E-state index contributed by atoms with van der Waals surface area (Å²) in [4.78, 5) is 14.5. The molecule has 4 heteroatoms. The molecule has 2 fully saturated rings. The van der Waals surface area contributed by atoms with E-state index in [0.717, 1.165) is 31.8 Å². The van der Waals surface area contributed by atoms with Crippen LogP contribution in [0.2, 0.25) is 0 Å². The van der Waals surface area contributed by atoms with E-state index in [1.165, 1.54) is 19.3 Å². The van der Waals surface area contributed by atoms with Gasteiger partial charge >= 0.3 is 0 Å². The van der Waals surface area contributed by atoms with E-state index >= 15 is 0 Å². The fraction of sp³-hybridized carbons (Fsp3) is 0.929. The summed E-state index contributed by atoms with van der Waals surface area (Å²) < 4.78 is 0.